The van der Waals surface area contributed by atoms with Crippen LogP contribution in [-0.2, 0) is 13.1 Å². The van der Waals surface area contributed by atoms with Crippen LogP contribution in [0.5, 0.6) is 0 Å². The van der Waals surface area contributed by atoms with Gasteiger partial charge in [-0.15, -0.1) is 0 Å². The van der Waals surface area contributed by atoms with Gasteiger partial charge in [-0.25, -0.2) is 9.97 Å². The Balaban J connectivity index is 1.53. The van der Waals surface area contributed by atoms with E-state index in [2.05, 4.69) is 9.97 Å². The van der Waals surface area contributed by atoms with Crippen LogP contribution >= 0.6 is 0 Å². The van der Waals surface area contributed by atoms with Crippen molar-refractivity contribution >= 4 is 28.7 Å². The Hall–Kier alpha value is -4.26. The maximum atomic E-state index is 13.5. The minimum atomic E-state index is -0.178. The first-order chi connectivity index (χ1) is 17.0. The second-order valence-electron chi connectivity index (χ2n) is 8.65. The molecule has 0 unspecified atom stereocenters. The first-order valence-corrected chi connectivity index (χ1v) is 11.8. The fraction of sp³-hybridized carbons (Fsp3) is 0.214. The molecule has 1 aliphatic heterocycles. The van der Waals surface area contributed by atoms with Crippen LogP contribution in [0.25, 0.3) is 22.0 Å². The van der Waals surface area contributed by atoms with Crippen LogP contribution in [0, 0.1) is 0 Å². The second-order valence-corrected chi connectivity index (χ2v) is 8.65. The van der Waals surface area contributed by atoms with Gasteiger partial charge in [-0.05, 0) is 60.4 Å². The van der Waals surface area contributed by atoms with Crippen molar-refractivity contribution in [2.45, 2.75) is 26.9 Å². The molecular weight excluding hydrogens is 438 g/mol. The smallest absolute Gasteiger partial charge is 0.273 e. The number of aromatic nitrogens is 2. The third kappa shape index (κ3) is 4.21. The molecule has 2 N–H and O–H groups in total. The zero-order valence-electron chi connectivity index (χ0n) is 19.9. The summed E-state index contributed by atoms with van der Waals surface area (Å²) in [5.74, 6) is -0.113. The van der Waals surface area contributed by atoms with Crippen molar-refractivity contribution < 1.29 is 9.59 Å². The van der Waals surface area contributed by atoms with Crippen molar-refractivity contribution in [2.75, 3.05) is 18.8 Å². The molecule has 0 radical (unpaired) electrons. The molecule has 7 heteroatoms. The molecule has 2 amide bonds. The monoisotopic (exact) mass is 465 g/mol. The van der Waals surface area contributed by atoms with Crippen LogP contribution in [0.3, 0.4) is 0 Å². The predicted molar refractivity (Wildman–Crippen MR) is 137 cm³/mol. The van der Waals surface area contributed by atoms with Gasteiger partial charge in [-0.2, -0.15) is 0 Å². The molecule has 7 nitrogen and oxygen atoms in total. The van der Waals surface area contributed by atoms with Gasteiger partial charge in [0.1, 0.15) is 5.69 Å². The molecule has 2 heterocycles. The fourth-order valence-corrected chi connectivity index (χ4v) is 4.64. The fourth-order valence-electron chi connectivity index (χ4n) is 4.64. The van der Waals surface area contributed by atoms with Crippen LogP contribution in [-0.4, -0.2) is 44.7 Å². The van der Waals surface area contributed by atoms with Crippen LogP contribution in [0.4, 0.5) is 5.95 Å². The maximum absolute atomic E-state index is 13.5. The van der Waals surface area contributed by atoms with Crippen molar-refractivity contribution in [1.82, 2.24) is 19.8 Å². The number of amides is 2. The molecular formula is C28H27N5O2. The Morgan fingerprint density at radius 2 is 1.57 bits per heavy atom. The van der Waals surface area contributed by atoms with Crippen molar-refractivity contribution in [3.63, 3.8) is 0 Å². The number of carbonyl (C=O) groups is 2. The molecule has 3 aromatic carbocycles. The van der Waals surface area contributed by atoms with Crippen molar-refractivity contribution in [2.24, 2.45) is 0 Å². The predicted octanol–water partition coefficient (Wildman–Crippen LogP) is 4.52. The molecule has 0 saturated heterocycles. The van der Waals surface area contributed by atoms with Crippen molar-refractivity contribution in [3.05, 3.63) is 89.1 Å². The number of fused-ring (bicyclic) bond motifs is 2. The van der Waals surface area contributed by atoms with Crippen molar-refractivity contribution in [3.8, 4) is 11.1 Å². The molecule has 0 atom stereocenters. The Labute approximate surface area is 204 Å². The lowest BCUT2D eigenvalue weighted by Gasteiger charge is -2.19. The zero-order valence-corrected chi connectivity index (χ0v) is 19.9. The van der Waals surface area contributed by atoms with Gasteiger partial charge in [0.15, 0.2) is 0 Å². The van der Waals surface area contributed by atoms with Crippen LogP contribution in [0.15, 0.2) is 66.7 Å². The van der Waals surface area contributed by atoms with Crippen molar-refractivity contribution in [1.29, 1.82) is 0 Å². The largest absolute Gasteiger partial charge is 0.368 e. The van der Waals surface area contributed by atoms with Gasteiger partial charge in [0, 0.05) is 37.1 Å². The molecule has 5 rings (SSSR count). The Morgan fingerprint density at radius 1 is 0.886 bits per heavy atom. The lowest BCUT2D eigenvalue weighted by molar-refractivity contribution is 0.0745. The molecule has 0 spiro atoms. The van der Waals surface area contributed by atoms with Gasteiger partial charge >= 0.3 is 0 Å². The SMILES string of the molecule is CCN(CC)C(=O)c1cccc(-c2ccc3nc(N)nc(C(=O)N4Cc5ccccc5C4)c3c2)c1. The lowest BCUT2D eigenvalue weighted by atomic mass is 10.00. The minimum absolute atomic E-state index is 0.00166. The van der Waals surface area contributed by atoms with E-state index in [0.29, 0.717) is 42.6 Å². The number of benzene rings is 3. The van der Waals surface area contributed by atoms with Crippen LogP contribution in [0.1, 0.15) is 45.8 Å². The highest BCUT2D eigenvalue weighted by molar-refractivity contribution is 6.06. The Kier molecular flexibility index (Phi) is 5.91. The number of anilines is 1. The third-order valence-electron chi connectivity index (χ3n) is 6.54. The highest BCUT2D eigenvalue weighted by atomic mass is 16.2. The molecule has 1 aliphatic rings. The van der Waals surface area contributed by atoms with E-state index in [9.17, 15) is 9.59 Å². The lowest BCUT2D eigenvalue weighted by Crippen LogP contribution is -2.30. The van der Waals surface area contributed by atoms with E-state index < -0.39 is 0 Å². The Bertz CT molecular complexity index is 1420. The normalized spacial score (nSPS) is 12.6. The van der Waals surface area contributed by atoms with E-state index in [1.807, 2.05) is 80.6 Å². The minimum Gasteiger partial charge on any atom is -0.368 e. The number of rotatable bonds is 5. The summed E-state index contributed by atoms with van der Waals surface area (Å²) in [6.45, 7) is 6.32. The number of hydrogen-bond donors (Lipinski definition) is 1. The quantitative estimate of drug-likeness (QED) is 0.468. The molecule has 4 aromatic rings. The van der Waals surface area contributed by atoms with E-state index in [1.54, 1.807) is 9.80 Å². The number of carbonyl (C=O) groups excluding carboxylic acids is 2. The number of hydrogen-bond acceptors (Lipinski definition) is 5. The van der Waals surface area contributed by atoms with Crippen LogP contribution in [0.2, 0.25) is 0 Å². The highest BCUT2D eigenvalue weighted by Gasteiger charge is 2.27. The van der Waals surface area contributed by atoms with Gasteiger partial charge in [0.05, 0.1) is 5.52 Å². The van der Waals surface area contributed by atoms with E-state index in [-0.39, 0.29) is 23.5 Å². The first-order valence-electron chi connectivity index (χ1n) is 11.8. The summed E-state index contributed by atoms with van der Waals surface area (Å²) in [5.41, 5.74) is 11.5. The molecule has 176 valence electrons. The topological polar surface area (TPSA) is 92.4 Å². The third-order valence-corrected chi connectivity index (χ3v) is 6.54. The molecule has 0 fully saturated rings. The first kappa shape index (κ1) is 22.5. The van der Waals surface area contributed by atoms with Gasteiger partial charge in [-0.3, -0.25) is 9.59 Å². The average Bonchev–Trinajstić information content (AvgIpc) is 3.32. The number of nitrogens with zero attached hydrogens (tertiary/aromatic N) is 4. The summed E-state index contributed by atoms with van der Waals surface area (Å²) < 4.78 is 0. The summed E-state index contributed by atoms with van der Waals surface area (Å²) in [5, 5.41) is 0.637. The summed E-state index contributed by atoms with van der Waals surface area (Å²) >= 11 is 0. The second kappa shape index (κ2) is 9.18. The zero-order chi connectivity index (χ0) is 24.5. The highest BCUT2D eigenvalue weighted by Crippen LogP contribution is 2.29. The van der Waals surface area contributed by atoms with E-state index in [0.717, 1.165) is 22.3 Å². The van der Waals surface area contributed by atoms with Gasteiger partial charge < -0.3 is 15.5 Å². The molecule has 0 saturated carbocycles. The maximum Gasteiger partial charge on any atom is 0.273 e. The molecule has 1 aromatic heterocycles. The van der Waals surface area contributed by atoms with E-state index >= 15 is 0 Å². The summed E-state index contributed by atoms with van der Waals surface area (Å²) in [4.78, 5) is 38.7. The van der Waals surface area contributed by atoms with Gasteiger partial charge in [0.25, 0.3) is 11.8 Å². The summed E-state index contributed by atoms with van der Waals surface area (Å²) in [6.07, 6.45) is 0. The van der Waals surface area contributed by atoms with Crippen LogP contribution < -0.4 is 5.73 Å². The average molecular weight is 466 g/mol. The van der Waals surface area contributed by atoms with E-state index in [4.69, 9.17) is 5.73 Å². The standard InChI is InChI=1S/C28H27N5O2/c1-3-32(4-2)26(34)20-11-7-10-18(14-20)19-12-13-24-23(15-19)25(31-28(29)30-24)27(35)33-16-21-8-5-6-9-22(21)17-33/h5-15H,3-4,16-17H2,1-2H3,(H2,29,30,31). The Morgan fingerprint density at radius 3 is 2.26 bits per heavy atom. The van der Waals surface area contributed by atoms with E-state index in [1.165, 1.54) is 0 Å². The summed E-state index contributed by atoms with van der Waals surface area (Å²) in [7, 11) is 0. The number of nitrogen functional groups attached to an aromatic ring is 1. The van der Waals surface area contributed by atoms with Gasteiger partial charge in [0.2, 0.25) is 5.95 Å². The summed E-state index contributed by atoms with van der Waals surface area (Å²) in [6, 6.07) is 21.3. The van der Waals surface area contributed by atoms with Gasteiger partial charge in [-0.1, -0.05) is 42.5 Å². The molecule has 35 heavy (non-hydrogen) atoms. The molecule has 0 bridgehead atoms. The number of nitrogens with two attached hydrogens (primary N) is 1. The molecule has 0 aliphatic carbocycles.